The van der Waals surface area contributed by atoms with Crippen molar-refractivity contribution in [3.8, 4) is 5.75 Å². The fourth-order valence-corrected chi connectivity index (χ4v) is 3.33. The van der Waals surface area contributed by atoms with Gasteiger partial charge >= 0.3 is 5.97 Å². The highest BCUT2D eigenvalue weighted by atomic mass is 16.5. The van der Waals surface area contributed by atoms with Gasteiger partial charge in [-0.3, -0.25) is 14.4 Å². The van der Waals surface area contributed by atoms with Gasteiger partial charge in [0.15, 0.2) is 6.61 Å². The Balaban J connectivity index is 1.30. The summed E-state index contributed by atoms with van der Waals surface area (Å²) in [6.45, 7) is 0.248. The molecule has 0 fully saturated rings. The van der Waals surface area contributed by atoms with Crippen LogP contribution in [0.4, 0.5) is 11.4 Å². The van der Waals surface area contributed by atoms with Crippen LogP contribution in [0.5, 0.6) is 5.75 Å². The van der Waals surface area contributed by atoms with Crippen molar-refractivity contribution < 1.29 is 23.9 Å². The Kier molecular flexibility index (Phi) is 10.3. The Morgan fingerprint density at radius 1 is 0.686 bits per heavy atom. The monoisotopic (exact) mass is 474 g/mol. The standard InChI is InChI=1S/C28H30N2O5/c31-26(17-8-18-28(33)34-19-9-12-22-10-3-1-4-11-22)29-23-13-7-14-24(20-23)30-27(32)21-35-25-15-5-2-6-16-25/h1-7,10-11,13-16,20H,8-9,12,17-19,21H2,(H,29,31)(H,30,32). The molecule has 7 heteroatoms. The molecule has 3 aromatic carbocycles. The predicted octanol–water partition coefficient (Wildman–Crippen LogP) is 4.99. The molecule has 0 heterocycles. The number of anilines is 2. The lowest BCUT2D eigenvalue weighted by Gasteiger charge is -2.10. The Hall–Kier alpha value is -4.13. The molecule has 7 nitrogen and oxygen atoms in total. The number of hydrogen-bond acceptors (Lipinski definition) is 5. The molecule has 0 aliphatic heterocycles. The largest absolute Gasteiger partial charge is 0.484 e. The van der Waals surface area contributed by atoms with Crippen molar-refractivity contribution >= 4 is 29.2 Å². The summed E-state index contributed by atoms with van der Waals surface area (Å²) in [5.74, 6) is -0.203. The van der Waals surface area contributed by atoms with E-state index in [0.717, 1.165) is 12.8 Å². The van der Waals surface area contributed by atoms with Gasteiger partial charge in [-0.1, -0.05) is 54.6 Å². The number of carbonyl (C=O) groups is 3. The Morgan fingerprint density at radius 2 is 1.34 bits per heavy atom. The SMILES string of the molecule is O=C(CCCC(=O)OCCCc1ccccc1)Nc1cccc(NC(=O)COc2ccccc2)c1. The van der Waals surface area contributed by atoms with Crippen LogP contribution in [0.25, 0.3) is 0 Å². The molecule has 3 rings (SSSR count). The van der Waals surface area contributed by atoms with E-state index >= 15 is 0 Å². The maximum absolute atomic E-state index is 12.2. The molecule has 3 aromatic rings. The van der Waals surface area contributed by atoms with Gasteiger partial charge in [0.25, 0.3) is 5.91 Å². The maximum Gasteiger partial charge on any atom is 0.305 e. The third-order valence-corrected chi connectivity index (χ3v) is 5.04. The average Bonchev–Trinajstić information content (AvgIpc) is 2.87. The quantitative estimate of drug-likeness (QED) is 0.269. The van der Waals surface area contributed by atoms with Crippen LogP contribution in [0.15, 0.2) is 84.9 Å². The van der Waals surface area contributed by atoms with E-state index in [-0.39, 0.29) is 37.2 Å². The van der Waals surface area contributed by atoms with Gasteiger partial charge in [0.2, 0.25) is 5.91 Å². The molecule has 0 saturated carbocycles. The number of aryl methyl sites for hydroxylation is 1. The number of hydrogen-bond donors (Lipinski definition) is 2. The molecular weight excluding hydrogens is 444 g/mol. The number of para-hydroxylation sites is 1. The van der Waals surface area contributed by atoms with Crippen LogP contribution >= 0.6 is 0 Å². The molecule has 2 N–H and O–H groups in total. The Morgan fingerprint density at radius 3 is 2.06 bits per heavy atom. The minimum Gasteiger partial charge on any atom is -0.484 e. The van der Waals surface area contributed by atoms with Gasteiger partial charge in [-0.2, -0.15) is 0 Å². The molecule has 0 atom stereocenters. The van der Waals surface area contributed by atoms with Crippen LogP contribution in [-0.4, -0.2) is 31.0 Å². The lowest BCUT2D eigenvalue weighted by atomic mass is 10.1. The summed E-state index contributed by atoms with van der Waals surface area (Å²) >= 11 is 0. The lowest BCUT2D eigenvalue weighted by Crippen LogP contribution is -2.20. The fraction of sp³-hybridized carbons (Fsp3) is 0.250. The smallest absolute Gasteiger partial charge is 0.305 e. The zero-order chi connectivity index (χ0) is 24.7. The second-order valence-electron chi connectivity index (χ2n) is 7.94. The maximum atomic E-state index is 12.2. The van der Waals surface area contributed by atoms with Crippen LogP contribution in [0, 0.1) is 0 Å². The van der Waals surface area contributed by atoms with E-state index in [1.54, 1.807) is 36.4 Å². The van der Waals surface area contributed by atoms with Gasteiger partial charge in [-0.05, 0) is 55.2 Å². The zero-order valence-corrected chi connectivity index (χ0v) is 19.6. The molecule has 0 aromatic heterocycles. The molecule has 0 aliphatic carbocycles. The molecule has 0 bridgehead atoms. The van der Waals surface area contributed by atoms with Gasteiger partial charge in [0.05, 0.1) is 6.61 Å². The highest BCUT2D eigenvalue weighted by Crippen LogP contribution is 2.16. The van der Waals surface area contributed by atoms with E-state index in [4.69, 9.17) is 9.47 Å². The summed E-state index contributed by atoms with van der Waals surface area (Å²) in [5, 5.41) is 5.53. The minimum atomic E-state index is -0.306. The third-order valence-electron chi connectivity index (χ3n) is 5.04. The first-order chi connectivity index (χ1) is 17.1. The summed E-state index contributed by atoms with van der Waals surface area (Å²) in [5.41, 5.74) is 2.31. The van der Waals surface area contributed by atoms with E-state index < -0.39 is 0 Å². The topological polar surface area (TPSA) is 93.7 Å². The van der Waals surface area contributed by atoms with Gasteiger partial charge in [0, 0.05) is 24.2 Å². The summed E-state index contributed by atoms with van der Waals surface area (Å²) in [7, 11) is 0. The van der Waals surface area contributed by atoms with Crippen LogP contribution in [0.2, 0.25) is 0 Å². The summed E-state index contributed by atoms with van der Waals surface area (Å²) in [6.07, 6.45) is 2.41. The van der Waals surface area contributed by atoms with Crippen LogP contribution < -0.4 is 15.4 Å². The molecular formula is C28H30N2O5. The van der Waals surface area contributed by atoms with Crippen molar-refractivity contribution in [1.82, 2.24) is 0 Å². The molecule has 35 heavy (non-hydrogen) atoms. The normalized spacial score (nSPS) is 10.3. The highest BCUT2D eigenvalue weighted by Gasteiger charge is 2.09. The first-order valence-corrected chi connectivity index (χ1v) is 11.7. The summed E-state index contributed by atoms with van der Waals surface area (Å²) in [4.78, 5) is 36.2. The van der Waals surface area contributed by atoms with Gasteiger partial charge in [-0.15, -0.1) is 0 Å². The van der Waals surface area contributed by atoms with E-state index in [9.17, 15) is 14.4 Å². The second-order valence-corrected chi connectivity index (χ2v) is 7.94. The molecule has 0 radical (unpaired) electrons. The molecule has 2 amide bonds. The highest BCUT2D eigenvalue weighted by molar-refractivity contribution is 5.94. The number of esters is 1. The summed E-state index contributed by atoms with van der Waals surface area (Å²) < 4.78 is 10.7. The van der Waals surface area contributed by atoms with Crippen LogP contribution in [0.1, 0.15) is 31.2 Å². The first-order valence-electron chi connectivity index (χ1n) is 11.7. The van der Waals surface area contributed by atoms with E-state index in [1.807, 2.05) is 48.5 Å². The van der Waals surface area contributed by atoms with Gasteiger partial charge in [0.1, 0.15) is 5.75 Å². The van der Waals surface area contributed by atoms with E-state index in [0.29, 0.717) is 30.2 Å². The van der Waals surface area contributed by atoms with Crippen molar-refractivity contribution in [1.29, 1.82) is 0 Å². The molecule has 0 spiro atoms. The number of benzene rings is 3. The lowest BCUT2D eigenvalue weighted by molar-refractivity contribution is -0.143. The zero-order valence-electron chi connectivity index (χ0n) is 19.6. The molecule has 0 aliphatic rings. The summed E-state index contributed by atoms with van der Waals surface area (Å²) in [6, 6.07) is 26.0. The van der Waals surface area contributed by atoms with Crippen molar-refractivity contribution in [2.45, 2.75) is 32.1 Å². The molecule has 182 valence electrons. The van der Waals surface area contributed by atoms with Crippen molar-refractivity contribution in [2.24, 2.45) is 0 Å². The van der Waals surface area contributed by atoms with E-state index in [2.05, 4.69) is 10.6 Å². The van der Waals surface area contributed by atoms with Crippen LogP contribution in [-0.2, 0) is 25.5 Å². The first kappa shape index (κ1) is 25.5. The number of amides is 2. The Bertz CT molecular complexity index is 1090. The fourth-order valence-electron chi connectivity index (χ4n) is 3.33. The number of carbonyl (C=O) groups excluding carboxylic acids is 3. The minimum absolute atomic E-state index is 0.122. The Labute approximate surface area is 205 Å². The second kappa shape index (κ2) is 14.2. The van der Waals surface area contributed by atoms with Gasteiger partial charge in [-0.25, -0.2) is 0 Å². The molecule has 0 unspecified atom stereocenters. The van der Waals surface area contributed by atoms with Crippen molar-refractivity contribution in [2.75, 3.05) is 23.8 Å². The van der Waals surface area contributed by atoms with Crippen molar-refractivity contribution in [3.05, 3.63) is 90.5 Å². The van der Waals surface area contributed by atoms with E-state index in [1.165, 1.54) is 5.56 Å². The number of nitrogens with one attached hydrogen (secondary N) is 2. The van der Waals surface area contributed by atoms with Gasteiger partial charge < -0.3 is 20.1 Å². The van der Waals surface area contributed by atoms with Crippen LogP contribution in [0.3, 0.4) is 0 Å². The number of ether oxygens (including phenoxy) is 2. The third kappa shape index (κ3) is 10.1. The van der Waals surface area contributed by atoms with Crippen molar-refractivity contribution in [3.63, 3.8) is 0 Å². The molecule has 0 saturated heterocycles. The average molecular weight is 475 g/mol. The number of rotatable bonds is 13. The predicted molar refractivity (Wildman–Crippen MR) is 135 cm³/mol.